The fourth-order valence-electron chi connectivity index (χ4n) is 3.68. The van der Waals surface area contributed by atoms with E-state index in [-0.39, 0.29) is 36.1 Å². The number of nitrogens with two attached hydrogens (primary N) is 1. The number of benzene rings is 1. The number of carbonyl (C=O) groups is 1. The summed E-state index contributed by atoms with van der Waals surface area (Å²) in [7, 11) is 0. The van der Waals surface area contributed by atoms with E-state index in [1.54, 1.807) is 19.1 Å². The zero-order valence-corrected chi connectivity index (χ0v) is 12.3. The van der Waals surface area contributed by atoms with Crippen molar-refractivity contribution in [1.82, 2.24) is 0 Å². The van der Waals surface area contributed by atoms with Crippen LogP contribution in [0.2, 0.25) is 0 Å². The Morgan fingerprint density at radius 1 is 1.35 bits per heavy atom. The molecular formula is C15H20ClFN2O. The quantitative estimate of drug-likeness (QED) is 0.882. The number of halogens is 2. The molecule has 4 unspecified atom stereocenters. The van der Waals surface area contributed by atoms with Crippen LogP contribution in [0, 0.1) is 30.5 Å². The lowest BCUT2D eigenvalue weighted by atomic mass is 9.84. The molecule has 3 rings (SSSR count). The summed E-state index contributed by atoms with van der Waals surface area (Å²) in [6, 6.07) is 4.70. The van der Waals surface area contributed by atoms with Gasteiger partial charge >= 0.3 is 0 Å². The molecular weight excluding hydrogens is 279 g/mol. The van der Waals surface area contributed by atoms with Crippen LogP contribution in [0.3, 0.4) is 0 Å². The van der Waals surface area contributed by atoms with Gasteiger partial charge in [0.1, 0.15) is 5.82 Å². The van der Waals surface area contributed by atoms with Crippen molar-refractivity contribution in [2.75, 3.05) is 5.32 Å². The van der Waals surface area contributed by atoms with Crippen molar-refractivity contribution < 1.29 is 9.18 Å². The number of rotatable bonds is 2. The molecule has 3 N–H and O–H groups in total. The Labute approximate surface area is 124 Å². The smallest absolute Gasteiger partial charge is 0.229 e. The lowest BCUT2D eigenvalue weighted by Gasteiger charge is -2.27. The van der Waals surface area contributed by atoms with Crippen LogP contribution in [0.1, 0.15) is 24.8 Å². The number of amides is 1. The summed E-state index contributed by atoms with van der Waals surface area (Å²) in [4.78, 5) is 12.4. The van der Waals surface area contributed by atoms with E-state index < -0.39 is 0 Å². The molecule has 2 bridgehead atoms. The van der Waals surface area contributed by atoms with Crippen LogP contribution in [-0.4, -0.2) is 11.9 Å². The Balaban J connectivity index is 0.00000147. The molecule has 2 saturated carbocycles. The maximum absolute atomic E-state index is 13.5. The van der Waals surface area contributed by atoms with Gasteiger partial charge in [-0.1, -0.05) is 6.07 Å². The highest BCUT2D eigenvalue weighted by Crippen LogP contribution is 2.47. The molecule has 0 aromatic heterocycles. The van der Waals surface area contributed by atoms with Crippen LogP contribution in [0.4, 0.5) is 10.1 Å². The summed E-state index contributed by atoms with van der Waals surface area (Å²) >= 11 is 0. The van der Waals surface area contributed by atoms with Gasteiger partial charge in [0.2, 0.25) is 5.91 Å². The number of carbonyl (C=O) groups excluding carboxylic acids is 1. The third-order valence-electron chi connectivity index (χ3n) is 4.81. The molecule has 1 amide bonds. The van der Waals surface area contributed by atoms with Gasteiger partial charge in [0.15, 0.2) is 0 Å². The van der Waals surface area contributed by atoms with Crippen molar-refractivity contribution >= 4 is 24.0 Å². The first kappa shape index (κ1) is 15.3. The minimum atomic E-state index is -0.296. The predicted octanol–water partition coefficient (Wildman–Crippen LogP) is 2.87. The third-order valence-corrected chi connectivity index (χ3v) is 4.81. The highest BCUT2D eigenvalue weighted by atomic mass is 35.5. The Bertz CT molecular complexity index is 521. The van der Waals surface area contributed by atoms with Crippen LogP contribution in [0.5, 0.6) is 0 Å². The summed E-state index contributed by atoms with van der Waals surface area (Å²) in [5, 5.41) is 2.85. The topological polar surface area (TPSA) is 55.1 Å². The molecule has 0 aliphatic heterocycles. The number of fused-ring (bicyclic) bond motifs is 2. The minimum absolute atomic E-state index is 0. The number of hydrogen-bond donors (Lipinski definition) is 2. The molecule has 0 saturated heterocycles. The molecule has 110 valence electrons. The van der Waals surface area contributed by atoms with E-state index in [0.29, 0.717) is 23.1 Å². The maximum atomic E-state index is 13.5. The highest BCUT2D eigenvalue weighted by molar-refractivity contribution is 5.94. The average Bonchev–Trinajstić information content (AvgIpc) is 2.95. The van der Waals surface area contributed by atoms with Crippen LogP contribution in [0.25, 0.3) is 0 Å². The number of nitrogens with one attached hydrogen (secondary N) is 1. The Kier molecular flexibility index (Phi) is 4.35. The van der Waals surface area contributed by atoms with Crippen LogP contribution >= 0.6 is 12.4 Å². The average molecular weight is 299 g/mol. The highest BCUT2D eigenvalue weighted by Gasteiger charge is 2.49. The maximum Gasteiger partial charge on any atom is 0.229 e. The predicted molar refractivity (Wildman–Crippen MR) is 79.3 cm³/mol. The molecule has 5 heteroatoms. The Morgan fingerprint density at radius 3 is 2.70 bits per heavy atom. The Morgan fingerprint density at radius 2 is 2.05 bits per heavy atom. The summed E-state index contributed by atoms with van der Waals surface area (Å²) in [5.41, 5.74) is 7.19. The van der Waals surface area contributed by atoms with E-state index in [9.17, 15) is 9.18 Å². The van der Waals surface area contributed by atoms with Crippen molar-refractivity contribution in [3.63, 3.8) is 0 Å². The SMILES string of the molecule is Cc1c(F)cccc1NC(=O)C1C2CCC(C2)C1N.Cl. The molecule has 2 aliphatic carbocycles. The third kappa shape index (κ3) is 2.42. The van der Waals surface area contributed by atoms with Gasteiger partial charge in [-0.15, -0.1) is 12.4 Å². The van der Waals surface area contributed by atoms with Crippen LogP contribution in [-0.2, 0) is 4.79 Å². The van der Waals surface area contributed by atoms with E-state index in [1.807, 2.05) is 0 Å². The van der Waals surface area contributed by atoms with E-state index in [4.69, 9.17) is 5.73 Å². The number of hydrogen-bond acceptors (Lipinski definition) is 2. The van der Waals surface area contributed by atoms with E-state index in [2.05, 4.69) is 5.32 Å². The first-order valence-corrected chi connectivity index (χ1v) is 6.89. The molecule has 0 spiro atoms. The van der Waals surface area contributed by atoms with Crippen molar-refractivity contribution in [1.29, 1.82) is 0 Å². The molecule has 2 fully saturated rings. The van der Waals surface area contributed by atoms with Gasteiger partial charge in [-0.3, -0.25) is 4.79 Å². The first-order valence-electron chi connectivity index (χ1n) is 6.89. The zero-order valence-electron chi connectivity index (χ0n) is 11.4. The Hall–Kier alpha value is -1.13. The van der Waals surface area contributed by atoms with Gasteiger partial charge in [0.25, 0.3) is 0 Å². The summed E-state index contributed by atoms with van der Waals surface area (Å²) < 4.78 is 13.5. The fraction of sp³-hybridized carbons (Fsp3) is 0.533. The van der Waals surface area contributed by atoms with E-state index in [1.165, 1.54) is 6.07 Å². The first-order chi connectivity index (χ1) is 9.08. The zero-order chi connectivity index (χ0) is 13.6. The molecule has 1 aromatic rings. The molecule has 1 aromatic carbocycles. The van der Waals surface area contributed by atoms with Gasteiger partial charge in [-0.05, 0) is 50.2 Å². The molecule has 0 radical (unpaired) electrons. The summed E-state index contributed by atoms with van der Waals surface area (Å²) in [5.74, 6) is 0.452. The van der Waals surface area contributed by atoms with Gasteiger partial charge < -0.3 is 11.1 Å². The standard InChI is InChI=1S/C15H19FN2O.ClH/c1-8-11(16)3-2-4-12(8)18-15(19)13-9-5-6-10(7-9)14(13)17;/h2-4,9-10,13-14H,5-7,17H2,1H3,(H,18,19);1H. The van der Waals surface area contributed by atoms with E-state index in [0.717, 1.165) is 19.3 Å². The molecule has 20 heavy (non-hydrogen) atoms. The van der Waals surface area contributed by atoms with Crippen LogP contribution in [0.15, 0.2) is 18.2 Å². The lowest BCUT2D eigenvalue weighted by molar-refractivity contribution is -0.121. The second kappa shape index (κ2) is 5.70. The van der Waals surface area contributed by atoms with Crippen molar-refractivity contribution in [2.24, 2.45) is 23.5 Å². The fourth-order valence-corrected chi connectivity index (χ4v) is 3.68. The second-order valence-corrected chi connectivity index (χ2v) is 5.84. The molecule has 0 heterocycles. The largest absolute Gasteiger partial charge is 0.327 e. The normalized spacial score (nSPS) is 30.9. The van der Waals surface area contributed by atoms with Gasteiger partial charge in [0.05, 0.1) is 5.92 Å². The van der Waals surface area contributed by atoms with Gasteiger partial charge in [-0.25, -0.2) is 4.39 Å². The van der Waals surface area contributed by atoms with Gasteiger partial charge in [0, 0.05) is 17.3 Å². The molecule has 2 aliphatic rings. The van der Waals surface area contributed by atoms with Crippen LogP contribution < -0.4 is 11.1 Å². The number of anilines is 1. The van der Waals surface area contributed by atoms with Crippen molar-refractivity contribution in [2.45, 2.75) is 32.2 Å². The second-order valence-electron chi connectivity index (χ2n) is 5.84. The van der Waals surface area contributed by atoms with Crippen molar-refractivity contribution in [3.05, 3.63) is 29.6 Å². The monoisotopic (exact) mass is 298 g/mol. The van der Waals surface area contributed by atoms with Crippen molar-refractivity contribution in [3.8, 4) is 0 Å². The van der Waals surface area contributed by atoms with E-state index >= 15 is 0 Å². The summed E-state index contributed by atoms with van der Waals surface area (Å²) in [6.07, 6.45) is 3.31. The lowest BCUT2D eigenvalue weighted by Crippen LogP contribution is -2.42. The molecule has 4 atom stereocenters. The molecule has 3 nitrogen and oxygen atoms in total. The van der Waals surface area contributed by atoms with Gasteiger partial charge in [-0.2, -0.15) is 0 Å². The summed E-state index contributed by atoms with van der Waals surface area (Å²) in [6.45, 7) is 1.67. The minimum Gasteiger partial charge on any atom is -0.327 e.